The van der Waals surface area contributed by atoms with Gasteiger partial charge in [-0.05, 0) is 30.9 Å². The summed E-state index contributed by atoms with van der Waals surface area (Å²) in [5.74, 6) is 6.22. The van der Waals surface area contributed by atoms with Gasteiger partial charge in [-0.1, -0.05) is 31.1 Å². The zero-order valence-corrected chi connectivity index (χ0v) is 12.3. The Labute approximate surface area is 126 Å². The zero-order chi connectivity index (χ0) is 14.9. The minimum atomic E-state index is -0.115. The molecule has 1 amide bonds. The maximum absolute atomic E-state index is 12.0. The van der Waals surface area contributed by atoms with Gasteiger partial charge in [0.05, 0.1) is 6.61 Å². The van der Waals surface area contributed by atoms with Gasteiger partial charge in [-0.2, -0.15) is 0 Å². The van der Waals surface area contributed by atoms with E-state index in [9.17, 15) is 4.79 Å². The lowest BCUT2D eigenvalue weighted by molar-refractivity contribution is 0.0938. The van der Waals surface area contributed by atoms with E-state index in [0.717, 1.165) is 12.1 Å². The molecule has 0 spiro atoms. The van der Waals surface area contributed by atoms with Crippen LogP contribution in [0.1, 0.15) is 54.6 Å². The highest BCUT2D eigenvalue weighted by molar-refractivity contribution is 5.92. The number of pyridine rings is 1. The number of aromatic nitrogens is 1. The molecule has 1 saturated carbocycles. The van der Waals surface area contributed by atoms with Gasteiger partial charge in [0.25, 0.3) is 5.91 Å². The smallest absolute Gasteiger partial charge is 0.269 e. The lowest BCUT2D eigenvalue weighted by Crippen LogP contribution is -2.30. The summed E-state index contributed by atoms with van der Waals surface area (Å²) in [6.07, 6.45) is 8.36. The number of nitrogens with one attached hydrogen (secondary N) is 1. The summed E-state index contributed by atoms with van der Waals surface area (Å²) in [5.41, 5.74) is 1.19. The Balaban J connectivity index is 1.83. The lowest BCUT2D eigenvalue weighted by atomic mass is 9.89. The highest BCUT2D eigenvalue weighted by atomic mass is 16.2. The first kappa shape index (κ1) is 15.5. The van der Waals surface area contributed by atoms with Gasteiger partial charge in [0.15, 0.2) is 0 Å². The van der Waals surface area contributed by atoms with Crippen molar-refractivity contribution in [3.8, 4) is 11.8 Å². The molecule has 0 atom stereocenters. The fraction of sp³-hybridized carbons (Fsp3) is 0.529. The number of amides is 1. The molecule has 0 saturated heterocycles. The average Bonchev–Trinajstić information content (AvgIpc) is 2.54. The summed E-state index contributed by atoms with van der Waals surface area (Å²) in [6, 6.07) is 3.48. The highest BCUT2D eigenvalue weighted by Crippen LogP contribution is 2.22. The summed E-state index contributed by atoms with van der Waals surface area (Å²) in [7, 11) is 0. The van der Waals surface area contributed by atoms with E-state index < -0.39 is 0 Å². The number of carbonyl (C=O) groups is 1. The Bertz CT molecular complexity index is 508. The molecule has 0 unspecified atom stereocenters. The SMILES string of the molecule is O=C(NCC1CCCCC1)c1ccc(C#CCCO)cn1. The molecule has 2 rings (SSSR count). The van der Waals surface area contributed by atoms with Crippen LogP contribution in [0.25, 0.3) is 0 Å². The van der Waals surface area contributed by atoms with E-state index in [-0.39, 0.29) is 12.5 Å². The molecular weight excluding hydrogens is 264 g/mol. The van der Waals surface area contributed by atoms with Gasteiger partial charge < -0.3 is 10.4 Å². The molecule has 1 aromatic heterocycles. The van der Waals surface area contributed by atoms with E-state index >= 15 is 0 Å². The topological polar surface area (TPSA) is 62.2 Å². The minimum Gasteiger partial charge on any atom is -0.395 e. The molecule has 4 heteroatoms. The molecule has 21 heavy (non-hydrogen) atoms. The maximum atomic E-state index is 12.0. The van der Waals surface area contributed by atoms with E-state index in [2.05, 4.69) is 22.1 Å². The number of aliphatic hydroxyl groups is 1. The summed E-state index contributed by atoms with van der Waals surface area (Å²) in [6.45, 7) is 0.806. The first-order chi connectivity index (χ1) is 10.3. The van der Waals surface area contributed by atoms with Crippen LogP contribution in [-0.4, -0.2) is 29.1 Å². The van der Waals surface area contributed by atoms with Crippen molar-refractivity contribution >= 4 is 5.91 Å². The van der Waals surface area contributed by atoms with Crippen LogP contribution in [0.4, 0.5) is 0 Å². The molecule has 1 aliphatic carbocycles. The molecule has 0 bridgehead atoms. The van der Waals surface area contributed by atoms with E-state index in [4.69, 9.17) is 5.11 Å². The van der Waals surface area contributed by atoms with Crippen molar-refractivity contribution in [2.45, 2.75) is 38.5 Å². The van der Waals surface area contributed by atoms with Crippen molar-refractivity contribution in [2.75, 3.05) is 13.2 Å². The van der Waals surface area contributed by atoms with Crippen molar-refractivity contribution in [1.29, 1.82) is 0 Å². The number of rotatable bonds is 4. The van der Waals surface area contributed by atoms with Gasteiger partial charge in [-0.15, -0.1) is 0 Å². The molecule has 112 valence electrons. The van der Waals surface area contributed by atoms with Crippen LogP contribution in [0, 0.1) is 17.8 Å². The molecule has 1 fully saturated rings. The Morgan fingerprint density at radius 2 is 2.14 bits per heavy atom. The molecule has 1 aromatic rings. The van der Waals surface area contributed by atoms with E-state index in [1.54, 1.807) is 18.3 Å². The van der Waals surface area contributed by atoms with Gasteiger partial charge >= 0.3 is 0 Å². The second kappa shape index (κ2) is 8.43. The molecule has 0 radical (unpaired) electrons. The van der Waals surface area contributed by atoms with Crippen LogP contribution in [-0.2, 0) is 0 Å². The third-order valence-electron chi connectivity index (χ3n) is 3.74. The Morgan fingerprint density at radius 1 is 1.33 bits per heavy atom. The fourth-order valence-electron chi connectivity index (χ4n) is 2.54. The standard InChI is InChI=1S/C17H22N2O2/c20-11-5-4-8-15-9-10-16(18-12-15)17(21)19-13-14-6-2-1-3-7-14/h9-10,12,14,20H,1-3,5-7,11,13H2,(H,19,21). The summed E-state index contributed by atoms with van der Waals surface area (Å²) in [4.78, 5) is 16.2. The normalized spacial score (nSPS) is 15.1. The van der Waals surface area contributed by atoms with Gasteiger partial charge in [0.1, 0.15) is 5.69 Å². The predicted octanol–water partition coefficient (Wildman–Crippen LogP) is 2.13. The highest BCUT2D eigenvalue weighted by Gasteiger charge is 2.15. The van der Waals surface area contributed by atoms with E-state index in [1.807, 2.05) is 0 Å². The predicted molar refractivity (Wildman–Crippen MR) is 81.7 cm³/mol. The number of hydrogen-bond acceptors (Lipinski definition) is 3. The van der Waals surface area contributed by atoms with Crippen molar-refractivity contribution in [2.24, 2.45) is 5.92 Å². The quantitative estimate of drug-likeness (QED) is 0.833. The van der Waals surface area contributed by atoms with Crippen LogP contribution in [0.15, 0.2) is 18.3 Å². The number of aliphatic hydroxyl groups excluding tert-OH is 1. The van der Waals surface area contributed by atoms with Gasteiger partial charge in [-0.3, -0.25) is 4.79 Å². The van der Waals surface area contributed by atoms with Crippen molar-refractivity contribution in [3.63, 3.8) is 0 Å². The Morgan fingerprint density at radius 3 is 2.81 bits per heavy atom. The first-order valence-electron chi connectivity index (χ1n) is 7.63. The number of hydrogen-bond donors (Lipinski definition) is 2. The Kier molecular flexibility index (Phi) is 6.23. The molecule has 4 nitrogen and oxygen atoms in total. The van der Waals surface area contributed by atoms with Gasteiger partial charge in [-0.25, -0.2) is 4.98 Å². The summed E-state index contributed by atoms with van der Waals surface area (Å²) in [5, 5.41) is 11.6. The minimum absolute atomic E-state index is 0.0576. The zero-order valence-electron chi connectivity index (χ0n) is 12.3. The molecule has 0 aromatic carbocycles. The molecule has 1 aliphatic rings. The van der Waals surface area contributed by atoms with Crippen molar-refractivity contribution in [1.82, 2.24) is 10.3 Å². The average molecular weight is 286 g/mol. The van der Waals surface area contributed by atoms with Crippen LogP contribution in [0.5, 0.6) is 0 Å². The lowest BCUT2D eigenvalue weighted by Gasteiger charge is -2.21. The fourth-order valence-corrected chi connectivity index (χ4v) is 2.54. The van der Waals surface area contributed by atoms with Crippen LogP contribution >= 0.6 is 0 Å². The van der Waals surface area contributed by atoms with E-state index in [0.29, 0.717) is 18.0 Å². The second-order valence-corrected chi connectivity index (χ2v) is 5.42. The molecular formula is C17H22N2O2. The maximum Gasteiger partial charge on any atom is 0.269 e. The van der Waals surface area contributed by atoms with Gasteiger partial charge in [0.2, 0.25) is 0 Å². The van der Waals surface area contributed by atoms with Crippen LogP contribution < -0.4 is 5.32 Å². The van der Waals surface area contributed by atoms with Gasteiger partial charge in [0, 0.05) is 24.7 Å². The number of nitrogens with zero attached hydrogens (tertiary/aromatic N) is 1. The third-order valence-corrected chi connectivity index (χ3v) is 3.74. The summed E-state index contributed by atoms with van der Waals surface area (Å²) < 4.78 is 0. The molecule has 0 aliphatic heterocycles. The molecule has 1 heterocycles. The first-order valence-corrected chi connectivity index (χ1v) is 7.63. The molecule has 2 N–H and O–H groups in total. The van der Waals surface area contributed by atoms with Crippen molar-refractivity contribution in [3.05, 3.63) is 29.6 Å². The summed E-state index contributed by atoms with van der Waals surface area (Å²) >= 11 is 0. The second-order valence-electron chi connectivity index (χ2n) is 5.42. The monoisotopic (exact) mass is 286 g/mol. The van der Waals surface area contributed by atoms with Crippen LogP contribution in [0.3, 0.4) is 0 Å². The van der Waals surface area contributed by atoms with Crippen LogP contribution in [0.2, 0.25) is 0 Å². The largest absolute Gasteiger partial charge is 0.395 e. The third kappa shape index (κ3) is 5.20. The van der Waals surface area contributed by atoms with Crippen molar-refractivity contribution < 1.29 is 9.90 Å². The number of carbonyl (C=O) groups excluding carboxylic acids is 1. The van der Waals surface area contributed by atoms with E-state index in [1.165, 1.54) is 32.1 Å². The Hall–Kier alpha value is -1.86.